The Kier molecular flexibility index (Phi) is 3.83. The van der Waals surface area contributed by atoms with Crippen LogP contribution in [-0.2, 0) is 4.74 Å². The Balaban J connectivity index is 1.54. The van der Waals surface area contributed by atoms with E-state index in [2.05, 4.69) is 5.16 Å². The fourth-order valence-electron chi connectivity index (χ4n) is 2.99. The number of hydrogen-bond acceptors (Lipinski definition) is 4. The van der Waals surface area contributed by atoms with E-state index < -0.39 is 0 Å². The van der Waals surface area contributed by atoms with Crippen LogP contribution in [0.15, 0.2) is 35.1 Å². The largest absolute Gasteiger partial charge is 0.370 e. The molecule has 1 saturated heterocycles. The molecule has 1 aliphatic carbocycles. The molecule has 1 aromatic carbocycles. The van der Waals surface area contributed by atoms with Gasteiger partial charge in [0.2, 0.25) is 0 Å². The zero-order chi connectivity index (χ0) is 15.8. The van der Waals surface area contributed by atoms with Crippen molar-refractivity contribution in [3.63, 3.8) is 0 Å². The van der Waals surface area contributed by atoms with E-state index in [1.54, 1.807) is 4.90 Å². The van der Waals surface area contributed by atoms with Gasteiger partial charge in [-0.15, -0.1) is 0 Å². The second-order valence-corrected chi connectivity index (χ2v) is 6.43. The van der Waals surface area contributed by atoms with E-state index in [-0.39, 0.29) is 12.0 Å². The Hall–Kier alpha value is -1.85. The smallest absolute Gasteiger partial charge is 0.259 e. The Morgan fingerprint density at radius 3 is 2.91 bits per heavy atom. The van der Waals surface area contributed by atoms with E-state index in [1.807, 2.05) is 24.3 Å². The first-order chi connectivity index (χ1) is 11.2. The minimum atomic E-state index is -0.203. The van der Waals surface area contributed by atoms with Crippen LogP contribution in [0.3, 0.4) is 0 Å². The van der Waals surface area contributed by atoms with Gasteiger partial charge >= 0.3 is 0 Å². The third-order valence-corrected chi connectivity index (χ3v) is 4.74. The van der Waals surface area contributed by atoms with Gasteiger partial charge in [-0.25, -0.2) is 0 Å². The van der Waals surface area contributed by atoms with Crippen molar-refractivity contribution in [1.82, 2.24) is 10.1 Å². The summed E-state index contributed by atoms with van der Waals surface area (Å²) in [6, 6.07) is 7.59. The van der Waals surface area contributed by atoms with Crippen LogP contribution in [-0.4, -0.2) is 35.7 Å². The van der Waals surface area contributed by atoms with Crippen molar-refractivity contribution >= 4 is 17.5 Å². The van der Waals surface area contributed by atoms with Crippen LogP contribution in [0.2, 0.25) is 5.02 Å². The fourth-order valence-corrected chi connectivity index (χ4v) is 3.24. The fraction of sp³-hybridized carbons (Fsp3) is 0.412. The monoisotopic (exact) mass is 332 g/mol. The molecule has 5 nitrogen and oxygen atoms in total. The number of halogens is 1. The minimum Gasteiger partial charge on any atom is -0.370 e. The number of aromatic nitrogens is 1. The van der Waals surface area contributed by atoms with Crippen LogP contribution in [0.25, 0.3) is 0 Å². The Labute approximate surface area is 139 Å². The van der Waals surface area contributed by atoms with E-state index in [0.717, 1.165) is 24.1 Å². The molecule has 1 saturated carbocycles. The average Bonchev–Trinajstić information content (AvgIpc) is 3.31. The van der Waals surface area contributed by atoms with E-state index in [4.69, 9.17) is 20.9 Å². The number of benzene rings is 1. The van der Waals surface area contributed by atoms with Crippen LogP contribution in [0.5, 0.6) is 0 Å². The van der Waals surface area contributed by atoms with Gasteiger partial charge in [-0.2, -0.15) is 0 Å². The SMILES string of the molecule is O=C(c1conc1C1CC1)N1CCO[C@@H](c2ccccc2Cl)C1. The van der Waals surface area contributed by atoms with Crippen molar-refractivity contribution in [2.24, 2.45) is 0 Å². The first-order valence-electron chi connectivity index (χ1n) is 7.83. The van der Waals surface area contributed by atoms with Crippen LogP contribution >= 0.6 is 11.6 Å². The summed E-state index contributed by atoms with van der Waals surface area (Å²) >= 11 is 6.25. The maximum absolute atomic E-state index is 12.8. The molecular weight excluding hydrogens is 316 g/mol. The summed E-state index contributed by atoms with van der Waals surface area (Å²) in [6.45, 7) is 1.54. The third-order valence-electron chi connectivity index (χ3n) is 4.40. The lowest BCUT2D eigenvalue weighted by Gasteiger charge is -2.33. The normalized spacial score (nSPS) is 21.4. The second kappa shape index (κ2) is 5.98. The minimum absolute atomic E-state index is 0.0338. The topological polar surface area (TPSA) is 55.6 Å². The Bertz CT molecular complexity index is 726. The molecular formula is C17H17ClN2O3. The molecule has 23 heavy (non-hydrogen) atoms. The molecule has 0 bridgehead atoms. The molecule has 6 heteroatoms. The molecule has 0 spiro atoms. The zero-order valence-electron chi connectivity index (χ0n) is 12.6. The van der Waals surface area contributed by atoms with Gasteiger partial charge in [-0.05, 0) is 18.9 Å². The lowest BCUT2D eigenvalue weighted by atomic mass is 10.1. The van der Waals surface area contributed by atoms with Gasteiger partial charge < -0.3 is 14.2 Å². The lowest BCUT2D eigenvalue weighted by molar-refractivity contribution is -0.0228. The summed E-state index contributed by atoms with van der Waals surface area (Å²) in [5.74, 6) is 0.349. The number of carbonyl (C=O) groups is 1. The lowest BCUT2D eigenvalue weighted by Crippen LogP contribution is -2.42. The molecule has 0 N–H and O–H groups in total. The Morgan fingerprint density at radius 1 is 1.30 bits per heavy atom. The zero-order valence-corrected chi connectivity index (χ0v) is 13.3. The van der Waals surface area contributed by atoms with Crippen LogP contribution in [0.4, 0.5) is 0 Å². The highest BCUT2D eigenvalue weighted by atomic mass is 35.5. The van der Waals surface area contributed by atoms with Crippen molar-refractivity contribution < 1.29 is 14.1 Å². The van der Waals surface area contributed by atoms with Crippen LogP contribution < -0.4 is 0 Å². The highest BCUT2D eigenvalue weighted by molar-refractivity contribution is 6.31. The molecule has 0 radical (unpaired) electrons. The van der Waals surface area contributed by atoms with Gasteiger partial charge in [-0.1, -0.05) is 35.0 Å². The summed E-state index contributed by atoms with van der Waals surface area (Å²) in [4.78, 5) is 14.6. The molecule has 0 unspecified atom stereocenters. The number of morpholine rings is 1. The molecule has 120 valence electrons. The second-order valence-electron chi connectivity index (χ2n) is 6.02. The van der Waals surface area contributed by atoms with E-state index >= 15 is 0 Å². The first-order valence-corrected chi connectivity index (χ1v) is 8.21. The van der Waals surface area contributed by atoms with E-state index in [9.17, 15) is 4.79 Å². The molecule has 1 atom stereocenters. The molecule has 2 fully saturated rings. The number of hydrogen-bond donors (Lipinski definition) is 0. The summed E-state index contributed by atoms with van der Waals surface area (Å²) in [6.07, 6.45) is 3.43. The summed E-state index contributed by atoms with van der Waals surface area (Å²) in [5, 5.41) is 4.67. The quantitative estimate of drug-likeness (QED) is 0.864. The number of rotatable bonds is 3. The van der Waals surface area contributed by atoms with Gasteiger partial charge in [0, 0.05) is 23.0 Å². The maximum atomic E-state index is 12.8. The maximum Gasteiger partial charge on any atom is 0.259 e. The predicted molar refractivity (Wildman–Crippen MR) is 84.5 cm³/mol. The molecule has 2 aliphatic rings. The van der Waals surface area contributed by atoms with E-state index in [0.29, 0.717) is 36.2 Å². The van der Waals surface area contributed by atoms with Crippen molar-refractivity contribution in [3.05, 3.63) is 52.4 Å². The average molecular weight is 333 g/mol. The number of amides is 1. The standard InChI is InChI=1S/C17H17ClN2O3/c18-14-4-2-1-3-12(14)15-9-20(7-8-22-15)17(21)13-10-23-19-16(13)11-5-6-11/h1-4,10-11,15H,5-9H2/t15-/m1/s1. The van der Waals surface area contributed by atoms with Crippen molar-refractivity contribution in [1.29, 1.82) is 0 Å². The van der Waals surface area contributed by atoms with Gasteiger partial charge in [0.15, 0.2) is 0 Å². The Morgan fingerprint density at radius 2 is 2.13 bits per heavy atom. The number of nitrogens with zero attached hydrogens (tertiary/aromatic N) is 2. The summed E-state index contributed by atoms with van der Waals surface area (Å²) in [7, 11) is 0. The highest BCUT2D eigenvalue weighted by Crippen LogP contribution is 2.41. The van der Waals surface area contributed by atoms with E-state index in [1.165, 1.54) is 6.26 Å². The van der Waals surface area contributed by atoms with Gasteiger partial charge in [-0.3, -0.25) is 4.79 Å². The summed E-state index contributed by atoms with van der Waals surface area (Å²) in [5.41, 5.74) is 2.31. The third kappa shape index (κ3) is 2.86. The van der Waals surface area contributed by atoms with Crippen molar-refractivity contribution in [2.75, 3.05) is 19.7 Å². The predicted octanol–water partition coefficient (Wildman–Crippen LogP) is 3.42. The van der Waals surface area contributed by atoms with Gasteiger partial charge in [0.25, 0.3) is 5.91 Å². The van der Waals surface area contributed by atoms with Crippen LogP contribution in [0.1, 0.15) is 46.5 Å². The van der Waals surface area contributed by atoms with Crippen molar-refractivity contribution in [2.45, 2.75) is 24.9 Å². The van der Waals surface area contributed by atoms with Gasteiger partial charge in [0.05, 0.1) is 18.8 Å². The van der Waals surface area contributed by atoms with Gasteiger partial charge in [0.1, 0.15) is 17.9 Å². The molecule has 1 aromatic heterocycles. The number of ether oxygens (including phenoxy) is 1. The summed E-state index contributed by atoms with van der Waals surface area (Å²) < 4.78 is 10.9. The molecule has 2 heterocycles. The molecule has 1 amide bonds. The van der Waals surface area contributed by atoms with Crippen LogP contribution in [0, 0.1) is 0 Å². The first kappa shape index (κ1) is 14.7. The molecule has 2 aromatic rings. The molecule has 1 aliphatic heterocycles. The number of carbonyl (C=O) groups excluding carboxylic acids is 1. The molecule has 4 rings (SSSR count). The highest BCUT2D eigenvalue weighted by Gasteiger charge is 2.35. The van der Waals surface area contributed by atoms with Crippen molar-refractivity contribution in [3.8, 4) is 0 Å².